The van der Waals surface area contributed by atoms with Crippen molar-refractivity contribution in [2.45, 2.75) is 26.9 Å². The van der Waals surface area contributed by atoms with E-state index in [0.717, 1.165) is 11.1 Å². The number of anilines is 1. The smallest absolute Gasteiger partial charge is 0.304 e. The minimum absolute atomic E-state index is 0.0102. The molecule has 4 rings (SSSR count). The zero-order valence-electron chi connectivity index (χ0n) is 18.6. The van der Waals surface area contributed by atoms with Crippen LogP contribution in [-0.4, -0.2) is 30.4 Å². The van der Waals surface area contributed by atoms with E-state index in [1.165, 1.54) is 0 Å². The van der Waals surface area contributed by atoms with E-state index in [-0.39, 0.29) is 23.1 Å². The van der Waals surface area contributed by atoms with E-state index in [1.54, 1.807) is 65.8 Å². The first-order valence-corrected chi connectivity index (χ1v) is 11.5. The molecule has 0 radical (unpaired) electrons. The minimum Gasteiger partial charge on any atom is -0.304 e. The van der Waals surface area contributed by atoms with Gasteiger partial charge >= 0.3 is 5.69 Å². The number of aromatic nitrogens is 4. The van der Waals surface area contributed by atoms with Gasteiger partial charge in [-0.2, -0.15) is 10.2 Å². The predicted molar refractivity (Wildman–Crippen MR) is 135 cm³/mol. The zero-order valence-corrected chi connectivity index (χ0v) is 20.9. The molecule has 0 saturated heterocycles. The maximum Gasteiger partial charge on any atom is 0.312 e. The molecule has 180 valence electrons. The lowest BCUT2D eigenvalue weighted by atomic mass is 10.1. The van der Waals surface area contributed by atoms with E-state index >= 15 is 0 Å². The molecule has 2 aromatic carbocycles. The largest absolute Gasteiger partial charge is 0.312 e. The van der Waals surface area contributed by atoms with Crippen molar-refractivity contribution < 1.29 is 9.72 Å². The topological polar surface area (TPSA) is 108 Å². The zero-order chi connectivity index (χ0) is 25.3. The molecule has 2 heterocycles. The van der Waals surface area contributed by atoms with E-state index in [9.17, 15) is 14.9 Å². The molecule has 1 amide bonds. The average Bonchev–Trinajstić information content (AvgIpc) is 3.27. The van der Waals surface area contributed by atoms with Gasteiger partial charge in [0.25, 0.3) is 5.91 Å². The number of rotatable bonds is 7. The summed E-state index contributed by atoms with van der Waals surface area (Å²) in [4.78, 5) is 23.7. The van der Waals surface area contributed by atoms with E-state index in [1.807, 2.05) is 6.07 Å². The van der Waals surface area contributed by atoms with Gasteiger partial charge in [0.2, 0.25) is 0 Å². The summed E-state index contributed by atoms with van der Waals surface area (Å²) in [5, 5.41) is 23.9. The summed E-state index contributed by atoms with van der Waals surface area (Å²) in [6.45, 7) is 3.86. The van der Waals surface area contributed by atoms with Crippen molar-refractivity contribution >= 4 is 52.2 Å². The van der Waals surface area contributed by atoms with Gasteiger partial charge in [0.1, 0.15) is 16.4 Å². The third-order valence-electron chi connectivity index (χ3n) is 5.34. The fourth-order valence-electron chi connectivity index (χ4n) is 3.66. The second-order valence-corrected chi connectivity index (χ2v) is 9.10. The molecule has 2 aromatic heterocycles. The number of nitrogens with zero attached hydrogens (tertiary/aromatic N) is 5. The Morgan fingerprint density at radius 1 is 1.06 bits per heavy atom. The number of halogens is 3. The highest BCUT2D eigenvalue weighted by atomic mass is 35.5. The number of carbonyl (C=O) groups is 1. The molecule has 0 aliphatic heterocycles. The SMILES string of the molecule is Cc1nn(Cc2cccc(C(=O)Nc3nn(Cc4ccc(Cl)cc4Cl)cc3Cl)c2)c(C)c1[N+](=O)[O-]. The van der Waals surface area contributed by atoms with Crippen LogP contribution >= 0.6 is 34.8 Å². The van der Waals surface area contributed by atoms with Crippen molar-refractivity contribution in [3.05, 3.63) is 102 Å². The highest BCUT2D eigenvalue weighted by Gasteiger charge is 2.22. The Kier molecular flexibility index (Phi) is 7.11. The molecule has 4 aromatic rings. The molecule has 0 spiro atoms. The van der Waals surface area contributed by atoms with Crippen LogP contribution in [0, 0.1) is 24.0 Å². The van der Waals surface area contributed by atoms with Crippen LogP contribution in [0.25, 0.3) is 0 Å². The van der Waals surface area contributed by atoms with Gasteiger partial charge in [-0.15, -0.1) is 0 Å². The fraction of sp³-hybridized carbons (Fsp3) is 0.174. The van der Waals surface area contributed by atoms with Gasteiger partial charge in [-0.25, -0.2) is 0 Å². The summed E-state index contributed by atoms with van der Waals surface area (Å²) in [6.07, 6.45) is 1.59. The Hall–Kier alpha value is -3.40. The van der Waals surface area contributed by atoms with E-state index in [4.69, 9.17) is 34.8 Å². The first kappa shape index (κ1) is 24.7. The number of nitrogens with one attached hydrogen (secondary N) is 1. The van der Waals surface area contributed by atoms with Crippen molar-refractivity contribution in [2.75, 3.05) is 5.32 Å². The second kappa shape index (κ2) is 10.1. The van der Waals surface area contributed by atoms with Crippen LogP contribution in [0.15, 0.2) is 48.7 Å². The molecule has 1 N–H and O–H groups in total. The van der Waals surface area contributed by atoms with E-state index < -0.39 is 10.8 Å². The van der Waals surface area contributed by atoms with Crippen molar-refractivity contribution in [2.24, 2.45) is 0 Å². The van der Waals surface area contributed by atoms with Gasteiger partial charge in [-0.3, -0.25) is 24.3 Å². The maximum absolute atomic E-state index is 12.9. The molecular formula is C23H19Cl3N6O3. The Morgan fingerprint density at radius 2 is 1.83 bits per heavy atom. The lowest BCUT2D eigenvalue weighted by molar-refractivity contribution is -0.386. The first-order chi connectivity index (χ1) is 16.6. The van der Waals surface area contributed by atoms with E-state index in [0.29, 0.717) is 33.5 Å². The Labute approximate surface area is 215 Å². The third kappa shape index (κ3) is 5.48. The Balaban J connectivity index is 1.49. The summed E-state index contributed by atoms with van der Waals surface area (Å²) >= 11 is 18.5. The molecule has 0 bridgehead atoms. The predicted octanol–water partition coefficient (Wildman–Crippen LogP) is 5.91. The second-order valence-electron chi connectivity index (χ2n) is 7.85. The standard InChI is InChI=1S/C23H19Cl3N6O3/c1-13-21(32(34)35)14(2)31(28-13)10-15-4-3-5-16(8-15)23(33)27-22-20(26)12-30(29-22)11-17-6-7-18(24)9-19(17)25/h3-9,12H,10-11H2,1-2H3,(H,27,29,33). The highest BCUT2D eigenvalue weighted by molar-refractivity contribution is 6.35. The van der Waals surface area contributed by atoms with Crippen molar-refractivity contribution in [3.8, 4) is 0 Å². The summed E-state index contributed by atoms with van der Waals surface area (Å²) in [5.74, 6) is -0.191. The fourth-order valence-corrected chi connectivity index (χ4v) is 4.32. The average molecular weight is 534 g/mol. The third-order valence-corrected chi connectivity index (χ3v) is 6.21. The number of carbonyl (C=O) groups excluding carboxylic acids is 1. The lowest BCUT2D eigenvalue weighted by Gasteiger charge is -2.07. The Bertz CT molecular complexity index is 1450. The van der Waals surface area contributed by atoms with Gasteiger partial charge in [0.05, 0.1) is 18.0 Å². The molecule has 12 heteroatoms. The van der Waals surface area contributed by atoms with Crippen LogP contribution in [0.4, 0.5) is 11.5 Å². The van der Waals surface area contributed by atoms with Crippen LogP contribution in [0.1, 0.15) is 32.9 Å². The quantitative estimate of drug-likeness (QED) is 0.234. The van der Waals surface area contributed by atoms with Gasteiger partial charge in [-0.05, 0) is 49.2 Å². The van der Waals surface area contributed by atoms with Gasteiger partial charge in [-0.1, -0.05) is 53.0 Å². The van der Waals surface area contributed by atoms with Crippen molar-refractivity contribution in [1.29, 1.82) is 0 Å². The van der Waals surface area contributed by atoms with Crippen LogP contribution in [-0.2, 0) is 13.1 Å². The molecular weight excluding hydrogens is 515 g/mol. The number of hydrogen-bond donors (Lipinski definition) is 1. The molecule has 0 saturated carbocycles. The summed E-state index contributed by atoms with van der Waals surface area (Å²) < 4.78 is 3.12. The highest BCUT2D eigenvalue weighted by Crippen LogP contribution is 2.25. The number of hydrogen-bond acceptors (Lipinski definition) is 5. The minimum atomic E-state index is -0.443. The Morgan fingerprint density at radius 3 is 2.51 bits per heavy atom. The summed E-state index contributed by atoms with van der Waals surface area (Å²) in [6, 6.07) is 12.1. The van der Waals surface area contributed by atoms with Gasteiger partial charge < -0.3 is 5.32 Å². The number of benzene rings is 2. The summed E-state index contributed by atoms with van der Waals surface area (Å²) in [5.41, 5.74) is 2.71. The molecule has 0 atom stereocenters. The molecule has 9 nitrogen and oxygen atoms in total. The monoisotopic (exact) mass is 532 g/mol. The molecule has 0 unspecified atom stereocenters. The van der Waals surface area contributed by atoms with Crippen LogP contribution in [0.5, 0.6) is 0 Å². The maximum atomic E-state index is 12.9. The molecule has 0 aliphatic rings. The van der Waals surface area contributed by atoms with Gasteiger partial charge in [0, 0.05) is 21.8 Å². The van der Waals surface area contributed by atoms with Crippen LogP contribution in [0.3, 0.4) is 0 Å². The molecule has 35 heavy (non-hydrogen) atoms. The molecule has 0 aliphatic carbocycles. The summed E-state index contributed by atoms with van der Waals surface area (Å²) in [7, 11) is 0. The number of aryl methyl sites for hydroxylation is 1. The van der Waals surface area contributed by atoms with E-state index in [2.05, 4.69) is 15.5 Å². The van der Waals surface area contributed by atoms with Crippen LogP contribution < -0.4 is 5.32 Å². The number of nitro groups is 1. The van der Waals surface area contributed by atoms with Crippen LogP contribution in [0.2, 0.25) is 15.1 Å². The van der Waals surface area contributed by atoms with Crippen molar-refractivity contribution in [3.63, 3.8) is 0 Å². The number of amides is 1. The normalized spacial score (nSPS) is 11.0. The lowest BCUT2D eigenvalue weighted by Crippen LogP contribution is -2.14. The molecule has 0 fully saturated rings. The van der Waals surface area contributed by atoms with Gasteiger partial charge in [0.15, 0.2) is 5.82 Å². The van der Waals surface area contributed by atoms with Crippen molar-refractivity contribution in [1.82, 2.24) is 19.6 Å². The first-order valence-electron chi connectivity index (χ1n) is 10.4.